The summed E-state index contributed by atoms with van der Waals surface area (Å²) in [5.74, 6) is 1.45. The third-order valence-electron chi connectivity index (χ3n) is 2.95. The van der Waals surface area contributed by atoms with Crippen LogP contribution in [-0.4, -0.2) is 9.97 Å². The topological polar surface area (TPSA) is 86.8 Å². The van der Waals surface area contributed by atoms with E-state index >= 15 is 0 Å². The molecule has 110 valence electrons. The molecule has 3 rings (SSSR count). The van der Waals surface area contributed by atoms with Crippen molar-refractivity contribution in [1.29, 1.82) is 5.26 Å². The number of nitrogens with one attached hydrogen (secondary N) is 2. The van der Waals surface area contributed by atoms with Crippen molar-refractivity contribution >= 4 is 23.2 Å². The number of aromatic nitrogens is 2. The quantitative estimate of drug-likeness (QED) is 0.839. The molecule has 2 aromatic heterocycles. The number of hydrogen-bond donors (Lipinski definition) is 2. The highest BCUT2D eigenvalue weighted by atomic mass is 32.2. The first kappa shape index (κ1) is 14.2. The van der Waals surface area contributed by atoms with Gasteiger partial charge in [0.25, 0.3) is 0 Å². The summed E-state index contributed by atoms with van der Waals surface area (Å²) < 4.78 is 5.26. The highest BCUT2D eigenvalue weighted by molar-refractivity contribution is 8.06. The van der Waals surface area contributed by atoms with Crippen LogP contribution in [0.15, 0.2) is 51.3 Å². The molecule has 0 atom stereocenters. The number of hydrogen-bond acceptors (Lipinski definition) is 7. The third kappa shape index (κ3) is 3.13. The van der Waals surface area contributed by atoms with Crippen molar-refractivity contribution in [2.45, 2.75) is 13.5 Å². The number of thioether (sulfide) groups is 1. The number of anilines is 1. The van der Waals surface area contributed by atoms with Gasteiger partial charge in [-0.3, -0.25) is 0 Å². The van der Waals surface area contributed by atoms with E-state index in [1.54, 1.807) is 12.3 Å². The van der Waals surface area contributed by atoms with Gasteiger partial charge in [0.15, 0.2) is 0 Å². The summed E-state index contributed by atoms with van der Waals surface area (Å²) in [5.41, 5.74) is 2.09. The SMILES string of the molecule is CC1=CS/C(=C(\C#N)c2cc(NCc3ccco3)ncn2)N1. The fourth-order valence-corrected chi connectivity index (χ4v) is 2.75. The van der Waals surface area contributed by atoms with Gasteiger partial charge in [0, 0.05) is 11.8 Å². The molecule has 0 saturated heterocycles. The van der Waals surface area contributed by atoms with Crippen LogP contribution in [0.3, 0.4) is 0 Å². The van der Waals surface area contributed by atoms with Gasteiger partial charge < -0.3 is 15.1 Å². The number of allylic oxidation sites excluding steroid dienone is 2. The van der Waals surface area contributed by atoms with E-state index in [1.165, 1.54) is 18.1 Å². The minimum absolute atomic E-state index is 0.501. The maximum atomic E-state index is 9.42. The first-order chi connectivity index (χ1) is 10.8. The lowest BCUT2D eigenvalue weighted by atomic mass is 10.2. The molecule has 0 bridgehead atoms. The molecule has 0 unspecified atom stereocenters. The Kier molecular flexibility index (Phi) is 4.12. The lowest BCUT2D eigenvalue weighted by Crippen LogP contribution is -2.06. The standard InChI is InChI=1S/C15H13N5OS/c1-10-8-22-15(20-10)12(6-16)13-5-14(19-9-18-13)17-7-11-3-2-4-21-11/h2-5,8-9,20H,7H2,1H3,(H,17,18,19)/b15-12+. The molecule has 0 aromatic carbocycles. The summed E-state index contributed by atoms with van der Waals surface area (Å²) in [5, 5.41) is 18.5. The minimum Gasteiger partial charge on any atom is -0.467 e. The van der Waals surface area contributed by atoms with Crippen molar-refractivity contribution in [3.8, 4) is 6.07 Å². The molecular formula is C15H13N5OS. The Balaban J connectivity index is 1.80. The van der Waals surface area contributed by atoms with Crippen LogP contribution in [0.1, 0.15) is 18.4 Å². The zero-order valence-corrected chi connectivity index (χ0v) is 12.6. The molecule has 6 nitrogen and oxygen atoms in total. The number of furan rings is 1. The van der Waals surface area contributed by atoms with Crippen molar-refractivity contribution in [1.82, 2.24) is 15.3 Å². The van der Waals surface area contributed by atoms with Crippen LogP contribution in [0.5, 0.6) is 0 Å². The molecule has 2 aromatic rings. The van der Waals surface area contributed by atoms with Crippen LogP contribution in [0.2, 0.25) is 0 Å². The van der Waals surface area contributed by atoms with Crippen LogP contribution in [0, 0.1) is 11.3 Å². The number of nitrogens with zero attached hydrogens (tertiary/aromatic N) is 3. The van der Waals surface area contributed by atoms with Gasteiger partial charge in [0.2, 0.25) is 0 Å². The smallest absolute Gasteiger partial charge is 0.130 e. The average molecular weight is 311 g/mol. The Hall–Kier alpha value is -2.72. The normalized spacial score (nSPS) is 15.7. The second-order valence-electron chi connectivity index (χ2n) is 4.58. The fourth-order valence-electron chi connectivity index (χ4n) is 1.91. The molecule has 7 heteroatoms. The van der Waals surface area contributed by atoms with Gasteiger partial charge in [-0.2, -0.15) is 5.26 Å². The summed E-state index contributed by atoms with van der Waals surface area (Å²) in [6.07, 6.45) is 3.07. The summed E-state index contributed by atoms with van der Waals surface area (Å²) >= 11 is 1.48. The highest BCUT2D eigenvalue weighted by Gasteiger charge is 2.15. The summed E-state index contributed by atoms with van der Waals surface area (Å²) in [7, 11) is 0. The van der Waals surface area contributed by atoms with Crippen LogP contribution < -0.4 is 10.6 Å². The molecule has 0 aliphatic carbocycles. The monoisotopic (exact) mass is 311 g/mol. The highest BCUT2D eigenvalue weighted by Crippen LogP contribution is 2.30. The van der Waals surface area contributed by atoms with Crippen molar-refractivity contribution in [3.05, 3.63) is 58.4 Å². The molecular weight excluding hydrogens is 298 g/mol. The molecule has 0 radical (unpaired) electrons. The average Bonchev–Trinajstić information content (AvgIpc) is 3.18. The van der Waals surface area contributed by atoms with Gasteiger partial charge in [-0.15, -0.1) is 0 Å². The zero-order chi connectivity index (χ0) is 15.4. The maximum Gasteiger partial charge on any atom is 0.130 e. The predicted octanol–water partition coefficient (Wildman–Crippen LogP) is 3.07. The van der Waals surface area contributed by atoms with Crippen molar-refractivity contribution < 1.29 is 4.42 Å². The Morgan fingerprint density at radius 2 is 2.41 bits per heavy atom. The molecule has 3 heterocycles. The third-order valence-corrected chi connectivity index (χ3v) is 3.96. The van der Waals surface area contributed by atoms with Crippen LogP contribution >= 0.6 is 11.8 Å². The maximum absolute atomic E-state index is 9.42. The van der Waals surface area contributed by atoms with E-state index in [1.807, 2.05) is 24.5 Å². The summed E-state index contributed by atoms with van der Waals surface area (Å²) in [6.45, 7) is 2.47. The van der Waals surface area contributed by atoms with E-state index in [9.17, 15) is 5.26 Å². The second-order valence-corrected chi connectivity index (χ2v) is 5.46. The molecule has 0 spiro atoms. The molecule has 0 amide bonds. The molecule has 0 saturated carbocycles. The van der Waals surface area contributed by atoms with Gasteiger partial charge in [-0.25, -0.2) is 9.97 Å². The minimum atomic E-state index is 0.501. The van der Waals surface area contributed by atoms with Crippen molar-refractivity contribution in [2.75, 3.05) is 5.32 Å². The first-order valence-corrected chi connectivity index (χ1v) is 7.47. The van der Waals surface area contributed by atoms with E-state index < -0.39 is 0 Å². The van der Waals surface area contributed by atoms with E-state index in [4.69, 9.17) is 4.42 Å². The van der Waals surface area contributed by atoms with Crippen molar-refractivity contribution in [3.63, 3.8) is 0 Å². The van der Waals surface area contributed by atoms with Gasteiger partial charge in [0.1, 0.15) is 29.5 Å². The summed E-state index contributed by atoms with van der Waals surface area (Å²) in [6, 6.07) is 7.67. The Labute approximate surface area is 132 Å². The Morgan fingerprint density at radius 1 is 1.50 bits per heavy atom. The van der Waals surface area contributed by atoms with Crippen LogP contribution in [-0.2, 0) is 6.54 Å². The van der Waals surface area contributed by atoms with E-state index in [0.717, 1.165) is 16.5 Å². The van der Waals surface area contributed by atoms with Crippen LogP contribution in [0.4, 0.5) is 5.82 Å². The van der Waals surface area contributed by atoms with E-state index in [-0.39, 0.29) is 0 Å². The molecule has 1 aliphatic heterocycles. The van der Waals surface area contributed by atoms with Crippen LogP contribution in [0.25, 0.3) is 5.57 Å². The van der Waals surface area contributed by atoms with Gasteiger partial charge in [0.05, 0.1) is 23.5 Å². The largest absolute Gasteiger partial charge is 0.467 e. The van der Waals surface area contributed by atoms with E-state index in [0.29, 0.717) is 23.6 Å². The zero-order valence-electron chi connectivity index (χ0n) is 11.8. The Morgan fingerprint density at radius 3 is 3.09 bits per heavy atom. The molecule has 22 heavy (non-hydrogen) atoms. The van der Waals surface area contributed by atoms with Gasteiger partial charge in [-0.1, -0.05) is 11.8 Å². The fraction of sp³-hybridized carbons (Fsp3) is 0.133. The lowest BCUT2D eigenvalue weighted by Gasteiger charge is -2.07. The molecule has 1 aliphatic rings. The Bertz CT molecular complexity index is 773. The second kappa shape index (κ2) is 6.37. The number of rotatable bonds is 4. The predicted molar refractivity (Wildman–Crippen MR) is 85.1 cm³/mol. The van der Waals surface area contributed by atoms with Crippen molar-refractivity contribution in [2.24, 2.45) is 0 Å². The first-order valence-electron chi connectivity index (χ1n) is 6.60. The van der Waals surface area contributed by atoms with E-state index in [2.05, 4.69) is 26.7 Å². The molecule has 2 N–H and O–H groups in total. The lowest BCUT2D eigenvalue weighted by molar-refractivity contribution is 0.518. The van der Waals surface area contributed by atoms with Gasteiger partial charge in [-0.05, 0) is 24.5 Å². The molecule has 0 fully saturated rings. The van der Waals surface area contributed by atoms with Gasteiger partial charge >= 0.3 is 0 Å². The summed E-state index contributed by atoms with van der Waals surface area (Å²) in [4.78, 5) is 8.35. The number of nitriles is 1.